The third kappa shape index (κ3) is 4.62. The summed E-state index contributed by atoms with van der Waals surface area (Å²) in [6, 6.07) is 0. The third-order valence-corrected chi connectivity index (χ3v) is 3.88. The van der Waals surface area contributed by atoms with E-state index in [1.54, 1.807) is 0 Å². The molecule has 0 aliphatic heterocycles. The molecule has 108 valence electrons. The molecule has 19 heavy (non-hydrogen) atoms. The second-order valence-corrected chi connectivity index (χ2v) is 5.48. The van der Waals surface area contributed by atoms with Gasteiger partial charge in [0.05, 0.1) is 16.4 Å². The van der Waals surface area contributed by atoms with Crippen LogP contribution in [-0.2, 0) is 17.8 Å². The number of carbonyl (C=O) groups excluding carboxylic acids is 1. The molecular weight excluding hydrogens is 262 g/mol. The Kier molecular flexibility index (Phi) is 6.52. The Morgan fingerprint density at radius 1 is 1.47 bits per heavy atom. The number of halogens is 1. The van der Waals surface area contributed by atoms with Crippen molar-refractivity contribution in [3.8, 4) is 0 Å². The van der Waals surface area contributed by atoms with E-state index in [0.29, 0.717) is 30.3 Å². The van der Waals surface area contributed by atoms with Crippen molar-refractivity contribution in [2.75, 3.05) is 6.54 Å². The topological polar surface area (TPSA) is 60.9 Å². The van der Waals surface area contributed by atoms with Crippen molar-refractivity contribution < 1.29 is 4.79 Å². The molecule has 2 N–H and O–H groups in total. The molecule has 0 spiro atoms. The minimum absolute atomic E-state index is 0.223. The lowest BCUT2D eigenvalue weighted by atomic mass is 9.99. The predicted octanol–water partition coefficient (Wildman–Crippen LogP) is 2.74. The van der Waals surface area contributed by atoms with Crippen molar-refractivity contribution in [3.05, 3.63) is 16.4 Å². The standard InChI is InChI=1S/C14H24ClN3O/c1-4-18-13(14(15)11(3)17-18)9-12(19)6-5-10(2)7-8-16/h10H,4-9,16H2,1-3H3. The molecule has 0 bridgehead atoms. The Labute approximate surface area is 120 Å². The monoisotopic (exact) mass is 285 g/mol. The van der Waals surface area contributed by atoms with Gasteiger partial charge in [-0.05, 0) is 39.2 Å². The Morgan fingerprint density at radius 3 is 2.74 bits per heavy atom. The molecular formula is C14H24ClN3O. The highest BCUT2D eigenvalue weighted by atomic mass is 35.5. The van der Waals surface area contributed by atoms with Gasteiger partial charge in [0.2, 0.25) is 0 Å². The summed E-state index contributed by atoms with van der Waals surface area (Å²) >= 11 is 6.20. The molecule has 1 atom stereocenters. The Bertz CT molecular complexity index is 429. The van der Waals surface area contributed by atoms with Crippen LogP contribution in [0.5, 0.6) is 0 Å². The summed E-state index contributed by atoms with van der Waals surface area (Å²) in [5.74, 6) is 0.725. The van der Waals surface area contributed by atoms with Gasteiger partial charge in [-0.1, -0.05) is 18.5 Å². The van der Waals surface area contributed by atoms with E-state index >= 15 is 0 Å². The molecule has 0 saturated carbocycles. The van der Waals surface area contributed by atoms with Crippen LogP contribution in [0.3, 0.4) is 0 Å². The maximum absolute atomic E-state index is 12.0. The molecule has 0 radical (unpaired) electrons. The van der Waals surface area contributed by atoms with Gasteiger partial charge >= 0.3 is 0 Å². The van der Waals surface area contributed by atoms with Crippen molar-refractivity contribution in [1.82, 2.24) is 9.78 Å². The number of rotatable bonds is 8. The van der Waals surface area contributed by atoms with Gasteiger partial charge in [0.15, 0.2) is 0 Å². The third-order valence-electron chi connectivity index (χ3n) is 3.39. The maximum Gasteiger partial charge on any atom is 0.138 e. The minimum atomic E-state index is 0.223. The van der Waals surface area contributed by atoms with Crippen LogP contribution in [0.15, 0.2) is 0 Å². The van der Waals surface area contributed by atoms with E-state index in [1.165, 1.54) is 0 Å². The minimum Gasteiger partial charge on any atom is -0.330 e. The summed E-state index contributed by atoms with van der Waals surface area (Å²) in [6.07, 6.45) is 2.83. The lowest BCUT2D eigenvalue weighted by Gasteiger charge is -2.09. The number of nitrogens with zero attached hydrogens (tertiary/aromatic N) is 2. The molecule has 4 nitrogen and oxygen atoms in total. The summed E-state index contributed by atoms with van der Waals surface area (Å²) in [5, 5.41) is 4.95. The summed E-state index contributed by atoms with van der Waals surface area (Å²) in [7, 11) is 0. The molecule has 1 unspecified atom stereocenters. The number of hydrogen-bond donors (Lipinski definition) is 1. The van der Waals surface area contributed by atoms with Gasteiger partial charge in [-0.25, -0.2) is 0 Å². The lowest BCUT2D eigenvalue weighted by Crippen LogP contribution is -2.12. The van der Waals surface area contributed by atoms with Crippen LogP contribution in [-0.4, -0.2) is 22.1 Å². The van der Waals surface area contributed by atoms with Crippen LogP contribution in [0.2, 0.25) is 5.02 Å². The first-order chi connectivity index (χ1) is 8.99. The van der Waals surface area contributed by atoms with Crippen LogP contribution in [0.1, 0.15) is 44.5 Å². The molecule has 0 aliphatic rings. The molecule has 1 aromatic rings. The number of Topliss-reactive ketones (excluding diaryl/α,β-unsaturated/α-hetero) is 1. The fraction of sp³-hybridized carbons (Fsp3) is 0.714. The van der Waals surface area contributed by atoms with Crippen LogP contribution in [0.25, 0.3) is 0 Å². The first-order valence-corrected chi connectivity index (χ1v) is 7.30. The number of aryl methyl sites for hydroxylation is 2. The highest BCUT2D eigenvalue weighted by Crippen LogP contribution is 2.22. The zero-order valence-electron chi connectivity index (χ0n) is 12.1. The van der Waals surface area contributed by atoms with E-state index in [0.717, 1.165) is 30.8 Å². The van der Waals surface area contributed by atoms with E-state index in [1.807, 2.05) is 18.5 Å². The summed E-state index contributed by atoms with van der Waals surface area (Å²) < 4.78 is 1.82. The normalized spacial score (nSPS) is 12.7. The SMILES string of the molecule is CCn1nc(C)c(Cl)c1CC(=O)CCC(C)CCN. The maximum atomic E-state index is 12.0. The van der Waals surface area contributed by atoms with E-state index in [4.69, 9.17) is 17.3 Å². The average molecular weight is 286 g/mol. The first-order valence-electron chi connectivity index (χ1n) is 6.93. The molecule has 0 amide bonds. The number of aromatic nitrogens is 2. The second-order valence-electron chi connectivity index (χ2n) is 5.10. The van der Waals surface area contributed by atoms with Crippen LogP contribution < -0.4 is 5.73 Å². The Hall–Kier alpha value is -0.870. The van der Waals surface area contributed by atoms with Gasteiger partial charge in [0.25, 0.3) is 0 Å². The number of carbonyl (C=O) groups is 1. The lowest BCUT2D eigenvalue weighted by molar-refractivity contribution is -0.118. The average Bonchev–Trinajstić information content (AvgIpc) is 2.64. The highest BCUT2D eigenvalue weighted by Gasteiger charge is 2.16. The fourth-order valence-corrected chi connectivity index (χ4v) is 2.35. The summed E-state index contributed by atoms with van der Waals surface area (Å²) in [5.41, 5.74) is 7.15. The van der Waals surface area contributed by atoms with Crippen molar-refractivity contribution >= 4 is 17.4 Å². The smallest absolute Gasteiger partial charge is 0.138 e. The predicted molar refractivity (Wildman–Crippen MR) is 78.4 cm³/mol. The van der Waals surface area contributed by atoms with Gasteiger partial charge in [0, 0.05) is 19.4 Å². The molecule has 0 fully saturated rings. The largest absolute Gasteiger partial charge is 0.330 e. The Morgan fingerprint density at radius 2 is 2.16 bits per heavy atom. The molecule has 0 saturated heterocycles. The zero-order chi connectivity index (χ0) is 14.4. The van der Waals surface area contributed by atoms with Crippen molar-refractivity contribution in [3.63, 3.8) is 0 Å². The Balaban J connectivity index is 2.57. The number of ketones is 1. The molecule has 1 aromatic heterocycles. The number of nitrogens with two attached hydrogens (primary N) is 1. The second kappa shape index (κ2) is 7.65. The van der Waals surface area contributed by atoms with Crippen LogP contribution >= 0.6 is 11.6 Å². The van der Waals surface area contributed by atoms with Gasteiger partial charge in [-0.15, -0.1) is 0 Å². The summed E-state index contributed by atoms with van der Waals surface area (Å²) in [4.78, 5) is 12.0. The quantitative estimate of drug-likeness (QED) is 0.799. The van der Waals surface area contributed by atoms with E-state index in [9.17, 15) is 4.79 Å². The molecule has 1 rings (SSSR count). The molecule has 0 aromatic carbocycles. The van der Waals surface area contributed by atoms with Crippen molar-refractivity contribution in [2.24, 2.45) is 11.7 Å². The van der Waals surface area contributed by atoms with E-state index in [-0.39, 0.29) is 5.78 Å². The van der Waals surface area contributed by atoms with Gasteiger partial charge in [-0.2, -0.15) is 5.10 Å². The van der Waals surface area contributed by atoms with Gasteiger partial charge in [-0.3, -0.25) is 9.48 Å². The number of hydrogen-bond acceptors (Lipinski definition) is 3. The molecule has 0 aliphatic carbocycles. The van der Waals surface area contributed by atoms with Crippen molar-refractivity contribution in [1.29, 1.82) is 0 Å². The molecule has 1 heterocycles. The fourth-order valence-electron chi connectivity index (χ4n) is 2.15. The summed E-state index contributed by atoms with van der Waals surface area (Å²) in [6.45, 7) is 7.42. The first kappa shape index (κ1) is 16.2. The van der Waals surface area contributed by atoms with Gasteiger partial charge in [0.1, 0.15) is 5.78 Å². The molecule has 5 heteroatoms. The van der Waals surface area contributed by atoms with E-state index < -0.39 is 0 Å². The van der Waals surface area contributed by atoms with Crippen LogP contribution in [0.4, 0.5) is 0 Å². The highest BCUT2D eigenvalue weighted by molar-refractivity contribution is 6.32. The van der Waals surface area contributed by atoms with Crippen LogP contribution in [0, 0.1) is 12.8 Å². The van der Waals surface area contributed by atoms with E-state index in [2.05, 4.69) is 12.0 Å². The zero-order valence-corrected chi connectivity index (χ0v) is 12.8. The van der Waals surface area contributed by atoms with Gasteiger partial charge < -0.3 is 5.73 Å². The van der Waals surface area contributed by atoms with Crippen molar-refractivity contribution in [2.45, 2.75) is 53.0 Å².